The number of urea groups is 1. The van der Waals surface area contributed by atoms with E-state index in [4.69, 9.17) is 16.3 Å². The van der Waals surface area contributed by atoms with Crippen molar-refractivity contribution in [2.45, 2.75) is 13.8 Å². The summed E-state index contributed by atoms with van der Waals surface area (Å²) in [4.78, 5) is 27.2. The Morgan fingerprint density at radius 3 is 2.50 bits per heavy atom. The van der Waals surface area contributed by atoms with Gasteiger partial charge in [0.05, 0.1) is 6.61 Å². The molecule has 1 N–H and O–H groups in total. The first-order chi connectivity index (χ1) is 10.5. The van der Waals surface area contributed by atoms with Gasteiger partial charge in [-0.15, -0.1) is 0 Å². The van der Waals surface area contributed by atoms with E-state index in [9.17, 15) is 9.59 Å². The highest BCUT2D eigenvalue weighted by Crippen LogP contribution is 2.23. The van der Waals surface area contributed by atoms with Crippen LogP contribution in [0.2, 0.25) is 5.02 Å². The number of benzene rings is 1. The molecule has 1 heterocycles. The minimum atomic E-state index is -0.326. The van der Waals surface area contributed by atoms with Gasteiger partial charge >= 0.3 is 12.1 Å². The number of rotatable bonds is 2. The first-order valence-corrected chi connectivity index (χ1v) is 7.63. The molecule has 3 amide bonds. The highest BCUT2D eigenvalue weighted by Gasteiger charge is 2.25. The second-order valence-corrected chi connectivity index (χ2v) is 5.42. The van der Waals surface area contributed by atoms with Crippen LogP contribution in [0, 0.1) is 6.92 Å². The maximum Gasteiger partial charge on any atom is 0.409 e. The lowest BCUT2D eigenvalue weighted by Gasteiger charge is -2.34. The first kappa shape index (κ1) is 16.4. The first-order valence-electron chi connectivity index (χ1n) is 7.25. The second-order valence-electron chi connectivity index (χ2n) is 5.02. The summed E-state index contributed by atoms with van der Waals surface area (Å²) in [6.45, 7) is 5.88. The van der Waals surface area contributed by atoms with Crippen molar-refractivity contribution in [3.63, 3.8) is 0 Å². The van der Waals surface area contributed by atoms with Gasteiger partial charge in [0, 0.05) is 36.9 Å². The molecule has 0 aliphatic carbocycles. The molecular formula is C15H20ClN3O3. The van der Waals surface area contributed by atoms with Crippen molar-refractivity contribution in [3.05, 3.63) is 28.8 Å². The second kappa shape index (κ2) is 7.35. The predicted molar refractivity (Wildman–Crippen MR) is 85.4 cm³/mol. The number of halogens is 1. The lowest BCUT2D eigenvalue weighted by molar-refractivity contribution is 0.0868. The number of ether oxygens (including phenoxy) is 1. The molecule has 7 heteroatoms. The van der Waals surface area contributed by atoms with E-state index in [1.165, 1.54) is 0 Å². The van der Waals surface area contributed by atoms with Gasteiger partial charge in [0.25, 0.3) is 0 Å². The van der Waals surface area contributed by atoms with Crippen molar-refractivity contribution >= 4 is 29.4 Å². The standard InChI is InChI=1S/C15H20ClN3O3/c1-3-22-15(21)19-9-7-18(8-10-19)14(20)17-13-6-4-5-12(16)11(13)2/h4-6H,3,7-10H2,1-2H3,(H,17,20). The Bertz CT molecular complexity index is 557. The fraction of sp³-hybridized carbons (Fsp3) is 0.467. The highest BCUT2D eigenvalue weighted by molar-refractivity contribution is 6.31. The fourth-order valence-electron chi connectivity index (χ4n) is 2.24. The van der Waals surface area contributed by atoms with Gasteiger partial charge in [-0.05, 0) is 31.5 Å². The number of carbonyl (C=O) groups excluding carboxylic acids is 2. The van der Waals surface area contributed by atoms with Crippen molar-refractivity contribution in [2.24, 2.45) is 0 Å². The van der Waals surface area contributed by atoms with Crippen LogP contribution in [0.3, 0.4) is 0 Å². The summed E-state index contributed by atoms with van der Waals surface area (Å²) in [5.41, 5.74) is 1.54. The molecule has 1 aromatic rings. The van der Waals surface area contributed by atoms with E-state index in [0.29, 0.717) is 43.5 Å². The molecule has 0 atom stereocenters. The minimum Gasteiger partial charge on any atom is -0.450 e. The zero-order valence-corrected chi connectivity index (χ0v) is 13.5. The Labute approximate surface area is 135 Å². The summed E-state index contributed by atoms with van der Waals surface area (Å²) >= 11 is 6.04. The monoisotopic (exact) mass is 325 g/mol. The molecule has 2 rings (SSSR count). The van der Waals surface area contributed by atoms with E-state index in [2.05, 4.69) is 5.32 Å². The van der Waals surface area contributed by atoms with Gasteiger partial charge in [0.15, 0.2) is 0 Å². The average Bonchev–Trinajstić information content (AvgIpc) is 2.52. The Hall–Kier alpha value is -1.95. The topological polar surface area (TPSA) is 61.9 Å². The molecule has 0 saturated carbocycles. The van der Waals surface area contributed by atoms with Crippen molar-refractivity contribution in [2.75, 3.05) is 38.1 Å². The molecule has 0 radical (unpaired) electrons. The van der Waals surface area contributed by atoms with Gasteiger partial charge < -0.3 is 19.9 Å². The van der Waals surface area contributed by atoms with Crippen LogP contribution in [0.25, 0.3) is 0 Å². The van der Waals surface area contributed by atoms with E-state index in [-0.39, 0.29) is 12.1 Å². The van der Waals surface area contributed by atoms with E-state index in [1.54, 1.807) is 28.9 Å². The number of amides is 3. The third-order valence-electron chi connectivity index (χ3n) is 3.60. The van der Waals surface area contributed by atoms with Crippen LogP contribution in [-0.4, -0.2) is 54.7 Å². The van der Waals surface area contributed by atoms with Gasteiger partial charge in [-0.2, -0.15) is 0 Å². The molecule has 1 aliphatic rings. The van der Waals surface area contributed by atoms with Crippen molar-refractivity contribution < 1.29 is 14.3 Å². The van der Waals surface area contributed by atoms with Crippen LogP contribution in [0.1, 0.15) is 12.5 Å². The van der Waals surface area contributed by atoms with Gasteiger partial charge in [-0.1, -0.05) is 17.7 Å². The molecule has 1 aromatic carbocycles. The molecule has 120 valence electrons. The van der Waals surface area contributed by atoms with Crippen LogP contribution < -0.4 is 5.32 Å². The van der Waals surface area contributed by atoms with Crippen LogP contribution in [0.15, 0.2) is 18.2 Å². The van der Waals surface area contributed by atoms with Crippen molar-refractivity contribution in [3.8, 4) is 0 Å². The lowest BCUT2D eigenvalue weighted by atomic mass is 10.2. The molecule has 0 unspecified atom stereocenters. The summed E-state index contributed by atoms with van der Waals surface area (Å²) in [7, 11) is 0. The summed E-state index contributed by atoms with van der Waals surface area (Å²) in [5, 5.41) is 3.47. The molecule has 1 aliphatic heterocycles. The maximum atomic E-state index is 12.3. The molecular weight excluding hydrogens is 306 g/mol. The summed E-state index contributed by atoms with van der Waals surface area (Å²) in [6.07, 6.45) is -0.326. The smallest absolute Gasteiger partial charge is 0.409 e. The van der Waals surface area contributed by atoms with Crippen LogP contribution in [-0.2, 0) is 4.74 Å². The van der Waals surface area contributed by atoms with E-state index >= 15 is 0 Å². The van der Waals surface area contributed by atoms with E-state index in [1.807, 2.05) is 13.0 Å². The third-order valence-corrected chi connectivity index (χ3v) is 4.01. The Morgan fingerprint density at radius 1 is 1.23 bits per heavy atom. The third kappa shape index (κ3) is 3.82. The summed E-state index contributed by atoms with van der Waals surface area (Å²) < 4.78 is 4.95. The van der Waals surface area contributed by atoms with Gasteiger partial charge in [-0.3, -0.25) is 0 Å². The highest BCUT2D eigenvalue weighted by atomic mass is 35.5. The van der Waals surface area contributed by atoms with Crippen molar-refractivity contribution in [1.29, 1.82) is 0 Å². The number of nitrogens with zero attached hydrogens (tertiary/aromatic N) is 2. The maximum absolute atomic E-state index is 12.3. The van der Waals surface area contributed by atoms with Crippen LogP contribution in [0.5, 0.6) is 0 Å². The molecule has 0 bridgehead atoms. The summed E-state index contributed by atoms with van der Waals surface area (Å²) in [6, 6.07) is 5.20. The van der Waals surface area contributed by atoms with Gasteiger partial charge in [-0.25, -0.2) is 9.59 Å². The molecule has 6 nitrogen and oxygen atoms in total. The van der Waals surface area contributed by atoms with E-state index < -0.39 is 0 Å². The SMILES string of the molecule is CCOC(=O)N1CCN(C(=O)Nc2cccc(Cl)c2C)CC1. The van der Waals surface area contributed by atoms with Crippen molar-refractivity contribution in [1.82, 2.24) is 9.80 Å². The molecule has 1 saturated heterocycles. The van der Waals surface area contributed by atoms with E-state index in [0.717, 1.165) is 5.56 Å². The zero-order valence-electron chi connectivity index (χ0n) is 12.8. The van der Waals surface area contributed by atoms with Crippen LogP contribution in [0.4, 0.5) is 15.3 Å². The predicted octanol–water partition coefficient (Wildman–Crippen LogP) is 2.95. The molecule has 0 spiro atoms. The number of nitrogens with one attached hydrogen (secondary N) is 1. The van der Waals surface area contributed by atoms with Gasteiger partial charge in [0.1, 0.15) is 0 Å². The molecule has 1 fully saturated rings. The Morgan fingerprint density at radius 2 is 1.86 bits per heavy atom. The summed E-state index contributed by atoms with van der Waals surface area (Å²) in [5.74, 6) is 0. The number of piperazine rings is 1. The molecule has 22 heavy (non-hydrogen) atoms. The fourth-order valence-corrected chi connectivity index (χ4v) is 2.42. The van der Waals surface area contributed by atoms with Gasteiger partial charge in [0.2, 0.25) is 0 Å². The lowest BCUT2D eigenvalue weighted by Crippen LogP contribution is -2.51. The molecule has 0 aromatic heterocycles. The average molecular weight is 326 g/mol. The Balaban J connectivity index is 1.90. The minimum absolute atomic E-state index is 0.186. The number of anilines is 1. The largest absolute Gasteiger partial charge is 0.450 e. The number of hydrogen-bond acceptors (Lipinski definition) is 3. The normalized spacial score (nSPS) is 14.7. The quantitative estimate of drug-likeness (QED) is 0.909. The number of hydrogen-bond donors (Lipinski definition) is 1. The van der Waals surface area contributed by atoms with Crippen LogP contribution >= 0.6 is 11.6 Å². The number of carbonyl (C=O) groups is 2. The zero-order chi connectivity index (χ0) is 16.1. The Kier molecular flexibility index (Phi) is 5.49.